The second kappa shape index (κ2) is 10.3. The van der Waals surface area contributed by atoms with Crippen LogP contribution in [0.25, 0.3) is 0 Å². The summed E-state index contributed by atoms with van der Waals surface area (Å²) in [5, 5.41) is 0. The molecule has 1 amide bonds. The fourth-order valence-electron chi connectivity index (χ4n) is 1.58. The number of hydrogen-bond acceptors (Lipinski definition) is 4. The predicted octanol–water partition coefficient (Wildman–Crippen LogP) is 1.07. The number of carbonyl (C=O) groups is 2. The van der Waals surface area contributed by atoms with E-state index in [1.807, 2.05) is 11.8 Å². The van der Waals surface area contributed by atoms with Crippen LogP contribution in [0.5, 0.6) is 0 Å². The fraction of sp³-hybridized carbons (Fsp3) is 0.571. The van der Waals surface area contributed by atoms with Gasteiger partial charge in [0.25, 0.3) is 0 Å². The highest BCUT2D eigenvalue weighted by molar-refractivity contribution is 5.78. The molecule has 0 rings (SSSR count). The van der Waals surface area contributed by atoms with E-state index in [9.17, 15) is 9.59 Å². The van der Waals surface area contributed by atoms with E-state index < -0.39 is 0 Å². The van der Waals surface area contributed by atoms with Crippen LogP contribution >= 0.6 is 0 Å². The quantitative estimate of drug-likeness (QED) is 0.439. The SMILES string of the molecule is C=CCN(CC=C)C(=O)CN(CC)CCC(=O)OC. The molecule has 5 heteroatoms. The molecule has 0 aromatic carbocycles. The highest BCUT2D eigenvalue weighted by Crippen LogP contribution is 1.98. The third-order valence-electron chi connectivity index (χ3n) is 2.72. The summed E-state index contributed by atoms with van der Waals surface area (Å²) < 4.78 is 4.59. The second-order valence-electron chi connectivity index (χ2n) is 4.07. The number of methoxy groups -OCH3 is 1. The third kappa shape index (κ3) is 7.41. The van der Waals surface area contributed by atoms with Gasteiger partial charge in [-0.15, -0.1) is 13.2 Å². The summed E-state index contributed by atoms with van der Waals surface area (Å²) in [6.07, 6.45) is 3.67. The Labute approximate surface area is 115 Å². The van der Waals surface area contributed by atoms with Crippen LogP contribution in [0.4, 0.5) is 0 Å². The van der Waals surface area contributed by atoms with Crippen LogP contribution in [-0.4, -0.2) is 61.5 Å². The minimum atomic E-state index is -0.264. The normalized spacial score (nSPS) is 10.1. The Hall–Kier alpha value is -1.62. The summed E-state index contributed by atoms with van der Waals surface area (Å²) in [5.74, 6) is -0.258. The number of ether oxygens (including phenoxy) is 1. The number of amides is 1. The van der Waals surface area contributed by atoms with Gasteiger partial charge in [-0.25, -0.2) is 0 Å². The molecule has 0 spiro atoms. The molecule has 0 unspecified atom stereocenters. The molecule has 0 radical (unpaired) electrons. The first-order chi connectivity index (χ1) is 9.08. The largest absolute Gasteiger partial charge is 0.469 e. The summed E-state index contributed by atoms with van der Waals surface area (Å²) in [6.45, 7) is 11.7. The summed E-state index contributed by atoms with van der Waals surface area (Å²) in [4.78, 5) is 26.7. The van der Waals surface area contributed by atoms with Gasteiger partial charge in [-0.05, 0) is 6.54 Å². The summed E-state index contributed by atoms with van der Waals surface area (Å²) in [7, 11) is 1.36. The monoisotopic (exact) mass is 268 g/mol. The lowest BCUT2D eigenvalue weighted by molar-refractivity contribution is -0.141. The topological polar surface area (TPSA) is 49.9 Å². The molecule has 19 heavy (non-hydrogen) atoms. The van der Waals surface area contributed by atoms with E-state index in [0.717, 1.165) is 0 Å². The van der Waals surface area contributed by atoms with E-state index in [2.05, 4.69) is 17.9 Å². The minimum absolute atomic E-state index is 0.00603. The van der Waals surface area contributed by atoms with Crippen molar-refractivity contribution in [3.63, 3.8) is 0 Å². The number of rotatable bonds is 10. The van der Waals surface area contributed by atoms with Crippen molar-refractivity contribution in [2.45, 2.75) is 13.3 Å². The lowest BCUT2D eigenvalue weighted by Crippen LogP contribution is -2.41. The zero-order valence-electron chi connectivity index (χ0n) is 11.9. The van der Waals surface area contributed by atoms with Gasteiger partial charge < -0.3 is 9.64 Å². The highest BCUT2D eigenvalue weighted by Gasteiger charge is 2.15. The molecule has 0 aromatic heterocycles. The van der Waals surface area contributed by atoms with Gasteiger partial charge in [-0.1, -0.05) is 19.1 Å². The minimum Gasteiger partial charge on any atom is -0.469 e. The predicted molar refractivity (Wildman–Crippen MR) is 75.7 cm³/mol. The molecular formula is C14H24N2O3. The maximum absolute atomic E-state index is 12.1. The number of likely N-dealkylation sites (N-methyl/N-ethyl adjacent to an activating group) is 1. The van der Waals surface area contributed by atoms with Gasteiger partial charge in [-0.3, -0.25) is 14.5 Å². The van der Waals surface area contributed by atoms with Crippen molar-refractivity contribution in [1.29, 1.82) is 0 Å². The molecule has 0 aliphatic carbocycles. The number of carbonyl (C=O) groups excluding carboxylic acids is 2. The van der Waals surface area contributed by atoms with Crippen LogP contribution in [-0.2, 0) is 14.3 Å². The lowest BCUT2D eigenvalue weighted by Gasteiger charge is -2.24. The van der Waals surface area contributed by atoms with E-state index in [0.29, 0.717) is 32.6 Å². The van der Waals surface area contributed by atoms with Gasteiger partial charge >= 0.3 is 5.97 Å². The molecule has 0 bridgehead atoms. The van der Waals surface area contributed by atoms with E-state index in [4.69, 9.17) is 0 Å². The first kappa shape index (κ1) is 17.4. The first-order valence-corrected chi connectivity index (χ1v) is 6.37. The molecule has 0 atom stereocenters. The molecule has 0 aliphatic heterocycles. The Morgan fingerprint density at radius 1 is 1.21 bits per heavy atom. The molecule has 0 saturated heterocycles. The number of esters is 1. The zero-order valence-corrected chi connectivity index (χ0v) is 11.9. The van der Waals surface area contributed by atoms with Crippen molar-refractivity contribution >= 4 is 11.9 Å². The van der Waals surface area contributed by atoms with Crippen molar-refractivity contribution in [3.8, 4) is 0 Å². The lowest BCUT2D eigenvalue weighted by atomic mass is 10.3. The number of nitrogens with zero attached hydrogens (tertiary/aromatic N) is 2. The molecular weight excluding hydrogens is 244 g/mol. The van der Waals surface area contributed by atoms with Crippen LogP contribution in [0, 0.1) is 0 Å². The van der Waals surface area contributed by atoms with Gasteiger partial charge in [0.1, 0.15) is 0 Å². The molecule has 0 heterocycles. The average Bonchev–Trinajstić information content (AvgIpc) is 2.42. The van der Waals surface area contributed by atoms with Crippen LogP contribution in [0.2, 0.25) is 0 Å². The van der Waals surface area contributed by atoms with E-state index in [1.54, 1.807) is 17.1 Å². The van der Waals surface area contributed by atoms with Crippen molar-refractivity contribution < 1.29 is 14.3 Å². The van der Waals surface area contributed by atoms with Gasteiger partial charge in [0.15, 0.2) is 0 Å². The van der Waals surface area contributed by atoms with E-state index in [1.165, 1.54) is 7.11 Å². The highest BCUT2D eigenvalue weighted by atomic mass is 16.5. The molecule has 0 aliphatic rings. The van der Waals surface area contributed by atoms with E-state index >= 15 is 0 Å². The zero-order chi connectivity index (χ0) is 14.7. The molecule has 0 saturated carbocycles. The molecule has 5 nitrogen and oxygen atoms in total. The van der Waals surface area contributed by atoms with Gasteiger partial charge in [-0.2, -0.15) is 0 Å². The van der Waals surface area contributed by atoms with Gasteiger partial charge in [0.2, 0.25) is 5.91 Å². The fourth-order valence-corrected chi connectivity index (χ4v) is 1.58. The Bertz CT molecular complexity index is 306. The van der Waals surface area contributed by atoms with Crippen LogP contribution in [0.1, 0.15) is 13.3 Å². The number of hydrogen-bond donors (Lipinski definition) is 0. The second-order valence-corrected chi connectivity index (χ2v) is 4.07. The molecule has 0 aromatic rings. The Kier molecular flexibility index (Phi) is 9.44. The molecule has 108 valence electrons. The van der Waals surface area contributed by atoms with Crippen LogP contribution < -0.4 is 0 Å². The Morgan fingerprint density at radius 3 is 2.21 bits per heavy atom. The van der Waals surface area contributed by atoms with Gasteiger partial charge in [0, 0.05) is 19.6 Å². The average molecular weight is 268 g/mol. The molecule has 0 N–H and O–H groups in total. The third-order valence-corrected chi connectivity index (χ3v) is 2.72. The van der Waals surface area contributed by atoms with Gasteiger partial charge in [0.05, 0.1) is 20.1 Å². The molecule has 0 fully saturated rings. The van der Waals surface area contributed by atoms with Crippen molar-refractivity contribution in [2.75, 3.05) is 39.8 Å². The van der Waals surface area contributed by atoms with Crippen LogP contribution in [0.15, 0.2) is 25.3 Å². The summed E-state index contributed by atoms with van der Waals surface area (Å²) >= 11 is 0. The Morgan fingerprint density at radius 2 is 1.79 bits per heavy atom. The summed E-state index contributed by atoms with van der Waals surface area (Å²) in [5.41, 5.74) is 0. The summed E-state index contributed by atoms with van der Waals surface area (Å²) in [6, 6.07) is 0. The first-order valence-electron chi connectivity index (χ1n) is 6.37. The van der Waals surface area contributed by atoms with Crippen molar-refractivity contribution in [3.05, 3.63) is 25.3 Å². The van der Waals surface area contributed by atoms with Crippen LogP contribution in [0.3, 0.4) is 0 Å². The van der Waals surface area contributed by atoms with E-state index in [-0.39, 0.29) is 18.4 Å². The smallest absolute Gasteiger partial charge is 0.306 e. The maximum Gasteiger partial charge on any atom is 0.306 e. The van der Waals surface area contributed by atoms with Crippen molar-refractivity contribution in [1.82, 2.24) is 9.80 Å². The van der Waals surface area contributed by atoms with Crippen molar-refractivity contribution in [2.24, 2.45) is 0 Å². The standard InChI is InChI=1S/C14H24N2O3/c1-5-9-16(10-6-2)13(17)12-15(7-3)11-8-14(18)19-4/h5-6H,1-2,7-12H2,3-4H3. The Balaban J connectivity index is 4.33. The maximum atomic E-state index is 12.1.